The molecule has 0 saturated heterocycles. The molecule has 0 atom stereocenters. The molecular weight excluding hydrogens is 278 g/mol. The largest absolute Gasteiger partial charge is 0.493 e. The van der Waals surface area contributed by atoms with E-state index in [2.05, 4.69) is 12.0 Å². The van der Waals surface area contributed by atoms with E-state index >= 15 is 0 Å². The Morgan fingerprint density at radius 2 is 2.00 bits per heavy atom. The van der Waals surface area contributed by atoms with Gasteiger partial charge in [0.25, 0.3) is 5.56 Å². The number of nitrogens with zero attached hydrogens (tertiary/aromatic N) is 2. The van der Waals surface area contributed by atoms with E-state index in [1.54, 1.807) is 13.1 Å². The van der Waals surface area contributed by atoms with Gasteiger partial charge in [-0.05, 0) is 38.5 Å². The number of benzene rings is 1. The van der Waals surface area contributed by atoms with Crippen molar-refractivity contribution >= 4 is 0 Å². The lowest BCUT2D eigenvalue weighted by atomic mass is 9.95. The number of aromatic nitrogens is 2. The summed E-state index contributed by atoms with van der Waals surface area (Å²) in [7, 11) is 1.64. The van der Waals surface area contributed by atoms with Crippen molar-refractivity contribution in [1.82, 2.24) is 9.78 Å². The van der Waals surface area contributed by atoms with Gasteiger partial charge in [0.15, 0.2) is 0 Å². The molecule has 2 rings (SSSR count). The molecule has 0 saturated carbocycles. The number of para-hydroxylation sites is 1. The summed E-state index contributed by atoms with van der Waals surface area (Å²) in [5.74, 6) is 0.760. The van der Waals surface area contributed by atoms with E-state index < -0.39 is 5.54 Å². The van der Waals surface area contributed by atoms with E-state index in [0.717, 1.165) is 17.7 Å². The second-order valence-corrected chi connectivity index (χ2v) is 5.94. The van der Waals surface area contributed by atoms with E-state index in [0.29, 0.717) is 17.9 Å². The van der Waals surface area contributed by atoms with Gasteiger partial charge in [0.2, 0.25) is 0 Å². The first-order valence-electron chi connectivity index (χ1n) is 7.44. The van der Waals surface area contributed by atoms with Gasteiger partial charge in [0.1, 0.15) is 5.75 Å². The monoisotopic (exact) mass is 301 g/mol. The highest BCUT2D eigenvalue weighted by molar-refractivity contribution is 5.67. The maximum absolute atomic E-state index is 12.2. The van der Waals surface area contributed by atoms with Crippen molar-refractivity contribution in [3.63, 3.8) is 0 Å². The molecule has 118 valence electrons. The Kier molecular flexibility index (Phi) is 4.66. The molecule has 1 aromatic carbocycles. The number of rotatable bonds is 5. The van der Waals surface area contributed by atoms with Gasteiger partial charge < -0.3 is 10.5 Å². The fourth-order valence-electron chi connectivity index (χ4n) is 2.22. The number of nitrogens with two attached hydrogens (primary N) is 1. The third kappa shape index (κ3) is 3.36. The number of aryl methyl sites for hydroxylation is 1. The highest BCUT2D eigenvalue weighted by Crippen LogP contribution is 2.29. The van der Waals surface area contributed by atoms with Crippen LogP contribution in [0.3, 0.4) is 0 Å². The fourth-order valence-corrected chi connectivity index (χ4v) is 2.22. The van der Waals surface area contributed by atoms with Crippen LogP contribution >= 0.6 is 0 Å². The van der Waals surface area contributed by atoms with E-state index in [-0.39, 0.29) is 5.56 Å². The van der Waals surface area contributed by atoms with Gasteiger partial charge in [-0.15, -0.1) is 0 Å². The minimum Gasteiger partial charge on any atom is -0.493 e. The summed E-state index contributed by atoms with van der Waals surface area (Å²) in [5.41, 5.74) is 7.29. The van der Waals surface area contributed by atoms with Crippen molar-refractivity contribution < 1.29 is 4.74 Å². The zero-order valence-corrected chi connectivity index (χ0v) is 13.6. The van der Waals surface area contributed by atoms with Gasteiger partial charge in [-0.3, -0.25) is 4.79 Å². The lowest BCUT2D eigenvalue weighted by Crippen LogP contribution is -2.38. The van der Waals surface area contributed by atoms with Crippen molar-refractivity contribution in [2.75, 3.05) is 6.61 Å². The van der Waals surface area contributed by atoms with E-state index in [1.807, 2.05) is 38.1 Å². The Hall–Kier alpha value is -2.14. The van der Waals surface area contributed by atoms with Crippen LogP contribution in [-0.2, 0) is 12.6 Å². The molecule has 0 spiro atoms. The highest BCUT2D eigenvalue weighted by Gasteiger charge is 2.21. The maximum Gasteiger partial charge on any atom is 0.271 e. The predicted molar refractivity (Wildman–Crippen MR) is 87.9 cm³/mol. The van der Waals surface area contributed by atoms with Gasteiger partial charge in [-0.25, -0.2) is 4.68 Å². The Morgan fingerprint density at radius 1 is 1.32 bits per heavy atom. The standard InChI is InChI=1S/C17H23N3O2/c1-5-10-22-15-9-7-6-8-12(15)14-11-13(17(2,3)18)16(21)20(4)19-14/h6-9,11H,5,10,18H2,1-4H3. The molecule has 0 fully saturated rings. The Bertz CT molecular complexity index is 715. The lowest BCUT2D eigenvalue weighted by Gasteiger charge is -2.20. The van der Waals surface area contributed by atoms with Gasteiger partial charge in [-0.1, -0.05) is 19.1 Å². The van der Waals surface area contributed by atoms with Crippen LogP contribution in [-0.4, -0.2) is 16.4 Å². The third-order valence-corrected chi connectivity index (χ3v) is 3.38. The molecule has 0 bridgehead atoms. The average Bonchev–Trinajstić information content (AvgIpc) is 2.47. The van der Waals surface area contributed by atoms with Crippen LogP contribution in [0.1, 0.15) is 32.8 Å². The SMILES string of the molecule is CCCOc1ccccc1-c1cc(C(C)(C)N)c(=O)n(C)n1. The molecule has 1 heterocycles. The molecule has 0 unspecified atom stereocenters. The summed E-state index contributed by atoms with van der Waals surface area (Å²) in [4.78, 5) is 12.2. The Morgan fingerprint density at radius 3 is 2.64 bits per heavy atom. The van der Waals surface area contributed by atoms with Crippen LogP contribution in [0, 0.1) is 0 Å². The van der Waals surface area contributed by atoms with E-state index in [4.69, 9.17) is 10.5 Å². The second kappa shape index (κ2) is 6.32. The Labute approximate surface area is 130 Å². The topological polar surface area (TPSA) is 70.1 Å². The summed E-state index contributed by atoms with van der Waals surface area (Å²) in [6.07, 6.45) is 0.927. The zero-order valence-electron chi connectivity index (χ0n) is 13.6. The smallest absolute Gasteiger partial charge is 0.271 e. The summed E-state index contributed by atoms with van der Waals surface area (Å²) in [6, 6.07) is 9.45. The van der Waals surface area contributed by atoms with Crippen molar-refractivity contribution in [3.8, 4) is 17.0 Å². The summed E-state index contributed by atoms with van der Waals surface area (Å²) in [5, 5.41) is 4.35. The van der Waals surface area contributed by atoms with E-state index in [1.165, 1.54) is 4.68 Å². The van der Waals surface area contributed by atoms with Crippen molar-refractivity contribution in [1.29, 1.82) is 0 Å². The number of hydrogen-bond acceptors (Lipinski definition) is 4. The van der Waals surface area contributed by atoms with Gasteiger partial charge >= 0.3 is 0 Å². The van der Waals surface area contributed by atoms with Crippen molar-refractivity contribution in [2.45, 2.75) is 32.7 Å². The quantitative estimate of drug-likeness (QED) is 0.921. The molecule has 5 heteroatoms. The number of hydrogen-bond donors (Lipinski definition) is 1. The van der Waals surface area contributed by atoms with E-state index in [9.17, 15) is 4.79 Å². The van der Waals surface area contributed by atoms with Gasteiger partial charge in [0.05, 0.1) is 12.3 Å². The van der Waals surface area contributed by atoms with Crippen LogP contribution in [0.4, 0.5) is 0 Å². The average molecular weight is 301 g/mol. The molecule has 0 aliphatic carbocycles. The normalized spacial score (nSPS) is 11.5. The van der Waals surface area contributed by atoms with Crippen LogP contribution in [0.25, 0.3) is 11.3 Å². The minimum atomic E-state index is -0.730. The molecular formula is C17H23N3O2. The summed E-state index contributed by atoms with van der Waals surface area (Å²) < 4.78 is 7.11. The zero-order chi connectivity index (χ0) is 16.3. The fraction of sp³-hybridized carbons (Fsp3) is 0.412. The first-order chi connectivity index (χ1) is 10.3. The molecule has 22 heavy (non-hydrogen) atoms. The molecule has 0 aliphatic heterocycles. The Balaban J connectivity index is 2.59. The summed E-state index contributed by atoms with van der Waals surface area (Å²) in [6.45, 7) is 6.32. The highest BCUT2D eigenvalue weighted by atomic mass is 16.5. The molecule has 0 amide bonds. The molecule has 0 radical (unpaired) electrons. The van der Waals surface area contributed by atoms with Gasteiger partial charge in [-0.2, -0.15) is 5.10 Å². The van der Waals surface area contributed by atoms with Crippen molar-refractivity contribution in [2.24, 2.45) is 12.8 Å². The number of ether oxygens (including phenoxy) is 1. The predicted octanol–water partition coefficient (Wildman–Crippen LogP) is 2.43. The molecule has 0 aliphatic rings. The van der Waals surface area contributed by atoms with Crippen LogP contribution < -0.4 is 16.0 Å². The van der Waals surface area contributed by atoms with Crippen LogP contribution in [0.5, 0.6) is 5.75 Å². The molecule has 2 N–H and O–H groups in total. The first kappa shape index (κ1) is 16.2. The maximum atomic E-state index is 12.2. The van der Waals surface area contributed by atoms with Crippen molar-refractivity contribution in [3.05, 3.63) is 46.2 Å². The first-order valence-corrected chi connectivity index (χ1v) is 7.44. The second-order valence-electron chi connectivity index (χ2n) is 5.94. The lowest BCUT2D eigenvalue weighted by molar-refractivity contribution is 0.318. The molecule has 1 aromatic heterocycles. The summed E-state index contributed by atoms with van der Waals surface area (Å²) >= 11 is 0. The molecule has 5 nitrogen and oxygen atoms in total. The van der Waals surface area contributed by atoms with Gasteiger partial charge in [0, 0.05) is 23.7 Å². The third-order valence-electron chi connectivity index (χ3n) is 3.38. The minimum absolute atomic E-state index is 0.178. The van der Waals surface area contributed by atoms with Crippen LogP contribution in [0.2, 0.25) is 0 Å². The van der Waals surface area contributed by atoms with Crippen LogP contribution in [0.15, 0.2) is 35.1 Å². The molecule has 2 aromatic rings.